The Labute approximate surface area is 57.2 Å². The lowest BCUT2D eigenvalue weighted by molar-refractivity contribution is -0.145. The van der Waals surface area contributed by atoms with Crippen LogP contribution in [0.2, 0.25) is 0 Å². The zero-order chi connectivity index (χ0) is 11.8. The summed E-state index contributed by atoms with van der Waals surface area (Å²) in [7, 11) is 0.876. The average molecular weight is 123 g/mol. The van der Waals surface area contributed by atoms with Crippen LogP contribution in [0, 0.1) is 0 Å². The Hall–Kier alpha value is -0.570. The van der Waals surface area contributed by atoms with Gasteiger partial charge in [-0.3, -0.25) is 4.79 Å². The van der Waals surface area contributed by atoms with Gasteiger partial charge in [0.05, 0.1) is 7.11 Å². The van der Waals surface area contributed by atoms with Crippen LogP contribution in [0.5, 0.6) is 0 Å². The molecular weight excluding hydrogens is 106 g/mol. The van der Waals surface area contributed by atoms with Gasteiger partial charge < -0.3 is 10.5 Å². The Kier molecular flexibility index (Phi) is 0.530. The van der Waals surface area contributed by atoms with Gasteiger partial charge in [-0.05, 0) is 13.7 Å². The smallest absolute Gasteiger partial charge is 0.325 e. The minimum absolute atomic E-state index is 0.876. The minimum Gasteiger partial charge on any atom is -0.468 e. The molecule has 3 heteroatoms. The van der Waals surface area contributed by atoms with Gasteiger partial charge in [-0.1, -0.05) is 0 Å². The minimum atomic E-state index is -3.15. The Morgan fingerprint density at radius 1 is 1.88 bits per heavy atom. The normalized spacial score (nSPS) is 25.2. The van der Waals surface area contributed by atoms with E-state index in [0.29, 0.717) is 0 Å². The molecule has 0 spiro atoms. The van der Waals surface area contributed by atoms with Crippen LogP contribution >= 0.6 is 0 Å². The van der Waals surface area contributed by atoms with Crippen molar-refractivity contribution in [1.29, 1.82) is 0 Å². The van der Waals surface area contributed by atoms with Gasteiger partial charge in [0.25, 0.3) is 0 Å². The highest BCUT2D eigenvalue weighted by Crippen LogP contribution is 1.97. The van der Waals surface area contributed by atoms with Crippen LogP contribution in [0.25, 0.3) is 0 Å². The summed E-state index contributed by atoms with van der Waals surface area (Å²) in [6.07, 6.45) is 0. The van der Waals surface area contributed by atoms with Crippen LogP contribution < -0.4 is 5.73 Å². The van der Waals surface area contributed by atoms with E-state index in [1.165, 1.54) is 0 Å². The maximum Gasteiger partial charge on any atom is 0.325 e. The maximum absolute atomic E-state index is 11.1. The molecule has 0 aliphatic rings. The van der Waals surface area contributed by atoms with Gasteiger partial charge in [0, 0.05) is 8.22 Å². The van der Waals surface area contributed by atoms with E-state index in [0.717, 1.165) is 7.11 Å². The van der Waals surface area contributed by atoms with Crippen molar-refractivity contribution in [3.8, 4) is 0 Å². The molecule has 0 atom stereocenters. The molecule has 3 nitrogen and oxygen atoms in total. The van der Waals surface area contributed by atoms with E-state index in [2.05, 4.69) is 4.74 Å². The van der Waals surface area contributed by atoms with E-state index < -0.39 is 25.2 Å². The zero-order valence-electron chi connectivity index (χ0n) is 10.4. The van der Waals surface area contributed by atoms with Crippen molar-refractivity contribution in [2.75, 3.05) is 7.11 Å². The van der Waals surface area contributed by atoms with Crippen molar-refractivity contribution in [2.45, 2.75) is 19.2 Å². The topological polar surface area (TPSA) is 52.3 Å². The molecule has 0 amide bonds. The Balaban J connectivity index is 5.40. The molecule has 0 fully saturated rings. The monoisotopic (exact) mass is 123 g/mol. The largest absolute Gasteiger partial charge is 0.468 e. The summed E-state index contributed by atoms with van der Waals surface area (Å²) in [5, 5.41) is 0. The van der Waals surface area contributed by atoms with Crippen LogP contribution in [-0.2, 0) is 9.53 Å². The van der Waals surface area contributed by atoms with Gasteiger partial charge in [-0.2, -0.15) is 0 Å². The van der Waals surface area contributed by atoms with Crippen LogP contribution in [0.4, 0.5) is 0 Å². The van der Waals surface area contributed by atoms with Crippen molar-refractivity contribution in [2.24, 2.45) is 5.73 Å². The lowest BCUT2D eigenvalue weighted by atomic mass is 10.1. The molecule has 0 saturated heterocycles. The highest BCUT2D eigenvalue weighted by molar-refractivity contribution is 5.79. The van der Waals surface area contributed by atoms with Crippen LogP contribution in [0.1, 0.15) is 21.9 Å². The predicted molar refractivity (Wildman–Crippen MR) is 30.3 cm³/mol. The number of hydrogen-bond acceptors (Lipinski definition) is 3. The van der Waals surface area contributed by atoms with E-state index in [1.807, 2.05) is 0 Å². The fourth-order valence-electron chi connectivity index (χ4n) is 0.161. The first kappa shape index (κ1) is 1.99. The van der Waals surface area contributed by atoms with Gasteiger partial charge in [-0.25, -0.2) is 0 Å². The molecule has 0 unspecified atom stereocenters. The number of carbonyl (C=O) groups excluding carboxylic acids is 1. The van der Waals surface area contributed by atoms with Crippen molar-refractivity contribution < 1.29 is 17.8 Å². The first-order valence-corrected chi connectivity index (χ1v) is 1.86. The predicted octanol–water partition coefficient (Wildman–Crippen LogP) is -0.103. The molecule has 48 valence electrons. The quantitative estimate of drug-likeness (QED) is 0.495. The van der Waals surface area contributed by atoms with Crippen molar-refractivity contribution in [3.63, 3.8) is 0 Å². The summed E-state index contributed by atoms with van der Waals surface area (Å²) < 4.78 is 45.6. The number of esters is 1. The molecule has 0 rings (SSSR count). The van der Waals surface area contributed by atoms with Gasteiger partial charge >= 0.3 is 5.97 Å². The third kappa shape index (κ3) is 1.93. The maximum atomic E-state index is 11.1. The number of nitrogens with two attached hydrogens (primary N) is 1. The third-order valence-electron chi connectivity index (χ3n) is 0.507. The fraction of sp³-hybridized carbons (Fsp3) is 0.800. The molecule has 0 aromatic carbocycles. The molecule has 0 aliphatic heterocycles. The molecule has 2 N–H and O–H groups in total. The van der Waals surface area contributed by atoms with Crippen LogP contribution in [0.3, 0.4) is 0 Å². The third-order valence-corrected chi connectivity index (χ3v) is 0.507. The van der Waals surface area contributed by atoms with E-state index in [1.54, 1.807) is 0 Å². The van der Waals surface area contributed by atoms with E-state index in [4.69, 9.17) is 14.0 Å². The average Bonchev–Trinajstić information content (AvgIpc) is 1.97. The number of methoxy groups -OCH3 is 1. The standard InChI is InChI=1S/C5H11NO2/c1-5(2,6)4(7)8-3/h6H2,1-3H3/i1D3,2D3. The van der Waals surface area contributed by atoms with Gasteiger partial charge in [0.1, 0.15) is 5.54 Å². The highest BCUT2D eigenvalue weighted by Gasteiger charge is 2.21. The Bertz CT molecular complexity index is 217. The number of ether oxygens (including phenoxy) is 1. The van der Waals surface area contributed by atoms with Gasteiger partial charge in [0.2, 0.25) is 0 Å². The van der Waals surface area contributed by atoms with Crippen LogP contribution in [0.15, 0.2) is 0 Å². The second-order valence-corrected chi connectivity index (χ2v) is 1.30. The number of rotatable bonds is 1. The summed E-state index contributed by atoms with van der Waals surface area (Å²) in [5.74, 6) is -1.47. The highest BCUT2D eigenvalue weighted by atomic mass is 16.5. The molecule has 0 radical (unpaired) electrons. The molecule has 0 aliphatic carbocycles. The zero-order valence-corrected chi connectivity index (χ0v) is 4.39. The summed E-state index contributed by atoms with van der Waals surface area (Å²) >= 11 is 0. The molecule has 0 aromatic heterocycles. The van der Waals surface area contributed by atoms with E-state index >= 15 is 0 Å². The second-order valence-electron chi connectivity index (χ2n) is 1.30. The molecule has 0 bridgehead atoms. The second kappa shape index (κ2) is 2.13. The van der Waals surface area contributed by atoms with Crippen molar-refractivity contribution >= 4 is 5.97 Å². The summed E-state index contributed by atoms with van der Waals surface area (Å²) in [4.78, 5) is 11.1. The number of carbonyl (C=O) groups is 1. The van der Waals surface area contributed by atoms with Crippen molar-refractivity contribution in [1.82, 2.24) is 0 Å². The molecular formula is C5H11NO2. The molecule has 8 heavy (non-hydrogen) atoms. The van der Waals surface area contributed by atoms with E-state index in [-0.39, 0.29) is 0 Å². The van der Waals surface area contributed by atoms with E-state index in [9.17, 15) is 4.79 Å². The lowest BCUT2D eigenvalue weighted by Gasteiger charge is -2.13. The van der Waals surface area contributed by atoms with Crippen molar-refractivity contribution in [3.05, 3.63) is 0 Å². The summed E-state index contributed by atoms with van der Waals surface area (Å²) in [5.41, 5.74) is 2.13. The fourth-order valence-corrected chi connectivity index (χ4v) is 0.161. The first-order valence-electron chi connectivity index (χ1n) is 4.86. The Morgan fingerprint density at radius 3 is 2.50 bits per heavy atom. The van der Waals surface area contributed by atoms with Gasteiger partial charge in [0.15, 0.2) is 0 Å². The molecule has 0 heterocycles. The summed E-state index contributed by atoms with van der Waals surface area (Å²) in [6, 6.07) is 0. The SMILES string of the molecule is [2H]C([2H])([2H])C(N)(C(=O)OC)C([2H])([2H])[2H]. The summed E-state index contributed by atoms with van der Waals surface area (Å²) in [6.45, 7) is -6.29. The molecule has 0 saturated carbocycles. The lowest BCUT2D eigenvalue weighted by Crippen LogP contribution is -2.42. The Morgan fingerprint density at radius 2 is 2.38 bits per heavy atom. The molecule has 0 aromatic rings. The number of hydrogen-bond donors (Lipinski definition) is 1. The van der Waals surface area contributed by atoms with Gasteiger partial charge in [-0.15, -0.1) is 0 Å². The first-order chi connectivity index (χ1) is 5.98. The van der Waals surface area contributed by atoms with Crippen LogP contribution in [-0.4, -0.2) is 18.6 Å².